The van der Waals surface area contributed by atoms with Gasteiger partial charge in [0.05, 0.1) is 5.56 Å². The summed E-state index contributed by atoms with van der Waals surface area (Å²) in [6.45, 7) is 5.89. The highest BCUT2D eigenvalue weighted by molar-refractivity contribution is 5.49. The third-order valence-electron chi connectivity index (χ3n) is 4.30. The van der Waals surface area contributed by atoms with Crippen LogP contribution in [-0.4, -0.2) is 0 Å². The molecule has 2 unspecified atom stereocenters. The maximum Gasteiger partial charge on any atom is 0.142 e. The summed E-state index contributed by atoms with van der Waals surface area (Å²) in [5.74, 6) is 5.74. The molecule has 112 valence electrons. The predicted octanol–water partition coefficient (Wildman–Crippen LogP) is 5.10. The van der Waals surface area contributed by atoms with Crippen LogP contribution < -0.4 is 0 Å². The fraction of sp³-hybridized carbons (Fsp3) is 0.300. The van der Waals surface area contributed by atoms with Crippen molar-refractivity contribution in [3.05, 3.63) is 69.8 Å². The molecule has 1 aliphatic rings. The van der Waals surface area contributed by atoms with E-state index in [1.54, 1.807) is 6.92 Å². The van der Waals surface area contributed by atoms with E-state index in [0.29, 0.717) is 11.5 Å². The number of halogens is 2. The summed E-state index contributed by atoms with van der Waals surface area (Å²) in [6, 6.07) is 8.77. The third-order valence-corrected chi connectivity index (χ3v) is 4.30. The first-order valence-electron chi connectivity index (χ1n) is 7.54. The quantitative estimate of drug-likeness (QED) is 0.642. The highest BCUT2D eigenvalue weighted by atomic mass is 19.1. The van der Waals surface area contributed by atoms with Crippen LogP contribution in [0.4, 0.5) is 8.78 Å². The zero-order valence-electron chi connectivity index (χ0n) is 13.0. The van der Waals surface area contributed by atoms with Crippen LogP contribution >= 0.6 is 0 Å². The highest BCUT2D eigenvalue weighted by Gasteiger charge is 2.33. The molecule has 0 spiro atoms. The Hall–Kier alpha value is -2.14. The molecule has 0 nitrogen and oxygen atoms in total. The van der Waals surface area contributed by atoms with Crippen molar-refractivity contribution in [1.82, 2.24) is 0 Å². The lowest BCUT2D eigenvalue weighted by Gasteiger charge is -2.03. The minimum absolute atomic E-state index is 0.162. The Labute approximate surface area is 130 Å². The van der Waals surface area contributed by atoms with Crippen molar-refractivity contribution in [3.63, 3.8) is 0 Å². The van der Waals surface area contributed by atoms with Gasteiger partial charge in [-0.05, 0) is 67.0 Å². The van der Waals surface area contributed by atoms with Gasteiger partial charge in [0.2, 0.25) is 0 Å². The molecule has 0 aliphatic heterocycles. The topological polar surface area (TPSA) is 0 Å². The standard InChI is InChI=1S/C20H18F2/c1-12-8-19(21)17(20(22)9-12)7-6-15-4-5-16(10-13(15)2)18-11-14(18)3/h4-5,8-10,14,18H,11H2,1-3H3. The lowest BCUT2D eigenvalue weighted by atomic mass is 10.0. The Morgan fingerprint density at radius 3 is 2.18 bits per heavy atom. The molecule has 0 radical (unpaired) electrons. The van der Waals surface area contributed by atoms with E-state index in [1.807, 2.05) is 13.0 Å². The van der Waals surface area contributed by atoms with Crippen molar-refractivity contribution < 1.29 is 8.78 Å². The van der Waals surface area contributed by atoms with Crippen LogP contribution in [0.15, 0.2) is 30.3 Å². The molecule has 3 rings (SSSR count). The van der Waals surface area contributed by atoms with Crippen molar-refractivity contribution in [2.45, 2.75) is 33.1 Å². The maximum atomic E-state index is 13.8. The second kappa shape index (κ2) is 5.57. The summed E-state index contributed by atoms with van der Waals surface area (Å²) in [5.41, 5.74) is 3.60. The molecule has 0 bridgehead atoms. The molecule has 2 aromatic rings. The molecule has 1 fully saturated rings. The molecule has 0 saturated heterocycles. The minimum atomic E-state index is -0.605. The van der Waals surface area contributed by atoms with Crippen LogP contribution in [0.3, 0.4) is 0 Å². The second-order valence-electron chi connectivity index (χ2n) is 6.25. The van der Waals surface area contributed by atoms with Crippen LogP contribution in [0.1, 0.15) is 47.1 Å². The second-order valence-corrected chi connectivity index (χ2v) is 6.25. The molecule has 2 heteroatoms. The van der Waals surface area contributed by atoms with Crippen LogP contribution in [0.25, 0.3) is 0 Å². The zero-order chi connectivity index (χ0) is 15.9. The smallest absolute Gasteiger partial charge is 0.142 e. The van der Waals surface area contributed by atoms with Gasteiger partial charge in [-0.1, -0.05) is 30.9 Å². The van der Waals surface area contributed by atoms with Crippen LogP contribution in [0, 0.1) is 43.2 Å². The van der Waals surface area contributed by atoms with Gasteiger partial charge in [-0.2, -0.15) is 0 Å². The van der Waals surface area contributed by atoms with Crippen molar-refractivity contribution in [3.8, 4) is 11.8 Å². The first-order chi connectivity index (χ1) is 10.5. The lowest BCUT2D eigenvalue weighted by molar-refractivity contribution is 0.575. The fourth-order valence-electron chi connectivity index (χ4n) is 2.79. The van der Waals surface area contributed by atoms with Crippen LogP contribution in [0.5, 0.6) is 0 Å². The van der Waals surface area contributed by atoms with Gasteiger partial charge in [0.1, 0.15) is 11.6 Å². The summed E-state index contributed by atoms with van der Waals surface area (Å²) in [5, 5.41) is 0. The van der Waals surface area contributed by atoms with E-state index in [9.17, 15) is 8.78 Å². The molecule has 22 heavy (non-hydrogen) atoms. The zero-order valence-corrected chi connectivity index (χ0v) is 13.0. The molecular weight excluding hydrogens is 278 g/mol. The molecule has 0 heterocycles. The van der Waals surface area contributed by atoms with Gasteiger partial charge in [-0.25, -0.2) is 8.78 Å². The van der Waals surface area contributed by atoms with Crippen LogP contribution in [0.2, 0.25) is 0 Å². The predicted molar refractivity (Wildman–Crippen MR) is 84.8 cm³/mol. The van der Waals surface area contributed by atoms with E-state index in [2.05, 4.69) is 30.9 Å². The monoisotopic (exact) mass is 296 g/mol. The van der Waals surface area contributed by atoms with E-state index in [0.717, 1.165) is 17.0 Å². The summed E-state index contributed by atoms with van der Waals surface area (Å²) >= 11 is 0. The highest BCUT2D eigenvalue weighted by Crippen LogP contribution is 2.47. The van der Waals surface area contributed by atoms with Gasteiger partial charge in [0.15, 0.2) is 0 Å². The number of aryl methyl sites for hydroxylation is 2. The lowest BCUT2D eigenvalue weighted by Crippen LogP contribution is -1.92. The van der Waals surface area contributed by atoms with E-state index in [4.69, 9.17) is 0 Å². The summed E-state index contributed by atoms with van der Waals surface area (Å²) < 4.78 is 27.6. The Kier molecular flexibility index (Phi) is 3.74. The van der Waals surface area contributed by atoms with E-state index < -0.39 is 11.6 Å². The number of hydrogen-bond acceptors (Lipinski definition) is 0. The Balaban J connectivity index is 1.91. The molecule has 1 aliphatic carbocycles. The summed E-state index contributed by atoms with van der Waals surface area (Å²) in [6.07, 6.45) is 1.24. The molecular formula is C20H18F2. The van der Waals surface area contributed by atoms with Gasteiger partial charge in [0.25, 0.3) is 0 Å². The molecule has 2 atom stereocenters. The Morgan fingerprint density at radius 1 is 1.00 bits per heavy atom. The minimum Gasteiger partial charge on any atom is -0.206 e. The summed E-state index contributed by atoms with van der Waals surface area (Å²) in [7, 11) is 0. The van der Waals surface area contributed by atoms with Crippen molar-refractivity contribution in [1.29, 1.82) is 0 Å². The number of rotatable bonds is 1. The normalized spacial score (nSPS) is 19.5. The van der Waals surface area contributed by atoms with E-state index in [-0.39, 0.29) is 5.56 Å². The number of benzene rings is 2. The first kappa shape index (κ1) is 14.8. The fourth-order valence-corrected chi connectivity index (χ4v) is 2.79. The molecule has 0 amide bonds. The van der Waals surface area contributed by atoms with Crippen molar-refractivity contribution in [2.24, 2.45) is 5.92 Å². The van der Waals surface area contributed by atoms with Gasteiger partial charge in [0, 0.05) is 5.56 Å². The maximum absolute atomic E-state index is 13.8. The SMILES string of the molecule is Cc1cc(F)c(C#Cc2ccc(C3CC3C)cc2C)c(F)c1. The van der Waals surface area contributed by atoms with Gasteiger partial charge >= 0.3 is 0 Å². The van der Waals surface area contributed by atoms with Crippen molar-refractivity contribution >= 4 is 0 Å². The first-order valence-corrected chi connectivity index (χ1v) is 7.54. The Morgan fingerprint density at radius 2 is 1.64 bits per heavy atom. The Bertz CT molecular complexity index is 770. The van der Waals surface area contributed by atoms with E-state index in [1.165, 1.54) is 24.1 Å². The van der Waals surface area contributed by atoms with Gasteiger partial charge in [-0.3, -0.25) is 0 Å². The van der Waals surface area contributed by atoms with Crippen molar-refractivity contribution in [2.75, 3.05) is 0 Å². The molecule has 0 N–H and O–H groups in total. The average Bonchev–Trinajstić information content (AvgIpc) is 3.16. The number of hydrogen-bond donors (Lipinski definition) is 0. The summed E-state index contributed by atoms with van der Waals surface area (Å²) in [4.78, 5) is 0. The largest absolute Gasteiger partial charge is 0.206 e. The van der Waals surface area contributed by atoms with Gasteiger partial charge in [-0.15, -0.1) is 0 Å². The van der Waals surface area contributed by atoms with Crippen LogP contribution in [-0.2, 0) is 0 Å². The molecule has 2 aromatic carbocycles. The third kappa shape index (κ3) is 2.90. The van der Waals surface area contributed by atoms with E-state index >= 15 is 0 Å². The average molecular weight is 296 g/mol. The molecule has 0 aromatic heterocycles. The van der Waals surface area contributed by atoms with Gasteiger partial charge < -0.3 is 0 Å². The molecule has 1 saturated carbocycles.